The number of esters is 5. The molecule has 0 spiro atoms. The van der Waals surface area contributed by atoms with Crippen molar-refractivity contribution in [3.05, 3.63) is 12.2 Å². The molecule has 2 rings (SSSR count). The zero-order chi connectivity index (χ0) is 104. The number of allylic oxidation sites excluding steroid dienone is 2. The Morgan fingerprint density at radius 2 is 0.563 bits per heavy atom. The fourth-order valence-electron chi connectivity index (χ4n) is 19.7. The molecule has 2 aliphatic heterocycles. The third-order valence-electron chi connectivity index (χ3n) is 28.6. The molecule has 834 valence electrons. The molecule has 7 N–H and O–H groups in total. The largest absolute Gasteiger partial charge is 0.462 e. The van der Waals surface area contributed by atoms with Crippen molar-refractivity contribution in [1.29, 1.82) is 0 Å². The molecule has 2 aliphatic rings. The standard InChI is InChI=1S/C117H219N2O22P/c1-9-16-23-30-37-44-47-50-53-60-67-74-81-88-105(124)134-98(85-78-71-64-57-41-34-27-20-13-5)92-103(122)118-110-114(140-109(128)94-100(87-80-73-66-59-43-36-29-22-15-7)136-107(126)90-83-76-69-62-55-52-49-46-39-32-25-18-11-3)112(129)101(95-120)137-116(110)133-96-102-113(130)115(139-108(127)91-97(121)84-77-70-63-56-40-33-26-19-12-4)111(117(138-102)141-142(8,131)132)119-104(123)93-99(86-79-72-65-58-42-35-28-21-14-6)135-106(125)89-82-75-68-61-54-51-48-45-38-31-24-17-10-2/h44,47,97-102,110-117,120-121,129-130H,9-43,45-46,48-96H2,1-8H3,(H,118,122)(H,119,123)(H,131,132)/b47-44-/t97?,98?,99?,100?,101?,102?,110?,111?,112-,113-,114-,115-,116-,117?/m1/s1. The summed E-state index contributed by atoms with van der Waals surface area (Å²) in [5.41, 5.74) is 0. The van der Waals surface area contributed by atoms with Crippen LogP contribution in [0, 0.1) is 0 Å². The number of ether oxygens (including phenoxy) is 8. The van der Waals surface area contributed by atoms with Gasteiger partial charge in [0, 0.05) is 25.9 Å². The van der Waals surface area contributed by atoms with Gasteiger partial charge in [0.15, 0.2) is 24.8 Å². The number of carbonyl (C=O) groups excluding carboxylic acids is 7. The third-order valence-corrected chi connectivity index (χ3v) is 29.2. The first kappa shape index (κ1) is 134. The fraction of sp³-hybridized carbons (Fsp3) is 0.923. The lowest BCUT2D eigenvalue weighted by molar-refractivity contribution is -0.297. The van der Waals surface area contributed by atoms with Crippen molar-refractivity contribution in [2.75, 3.05) is 19.9 Å². The molecular formula is C117H219N2O22P. The number of carbonyl (C=O) groups is 7. The first-order valence-corrected chi connectivity index (χ1v) is 61.9. The minimum Gasteiger partial charge on any atom is -0.462 e. The number of aliphatic hydroxyl groups excluding tert-OH is 4. The summed E-state index contributed by atoms with van der Waals surface area (Å²) in [6.07, 6.45) is 63.9. The molecule has 0 bridgehead atoms. The van der Waals surface area contributed by atoms with Gasteiger partial charge in [0.1, 0.15) is 54.8 Å². The molecule has 2 saturated heterocycles. The molecule has 0 aromatic rings. The van der Waals surface area contributed by atoms with Crippen molar-refractivity contribution in [3.63, 3.8) is 0 Å². The molecule has 2 heterocycles. The molecule has 2 fully saturated rings. The van der Waals surface area contributed by atoms with Crippen molar-refractivity contribution in [2.45, 2.75) is 674 Å². The van der Waals surface area contributed by atoms with Gasteiger partial charge >= 0.3 is 37.4 Å². The van der Waals surface area contributed by atoms with Crippen LogP contribution in [0.15, 0.2) is 12.2 Å². The second kappa shape index (κ2) is 94.1. The van der Waals surface area contributed by atoms with Gasteiger partial charge in [0.2, 0.25) is 11.8 Å². The zero-order valence-electron chi connectivity index (χ0n) is 92.2. The number of nitrogens with one attached hydrogen (secondary N) is 2. The van der Waals surface area contributed by atoms with Crippen molar-refractivity contribution in [2.24, 2.45) is 0 Å². The minimum absolute atomic E-state index is 0.141. The molecule has 24 nitrogen and oxygen atoms in total. The van der Waals surface area contributed by atoms with Gasteiger partial charge in [0.25, 0.3) is 0 Å². The molecule has 0 aromatic carbocycles. The van der Waals surface area contributed by atoms with Gasteiger partial charge in [-0.3, -0.25) is 42.7 Å². The monoisotopic (exact) mass is 2040 g/mol. The summed E-state index contributed by atoms with van der Waals surface area (Å²) in [6.45, 7) is 14.6. The van der Waals surface area contributed by atoms with Crippen LogP contribution in [0.25, 0.3) is 0 Å². The van der Waals surface area contributed by atoms with E-state index in [-0.39, 0.29) is 32.1 Å². The topological polar surface area (TPSA) is 345 Å². The maximum Gasteiger partial charge on any atom is 0.327 e. The van der Waals surface area contributed by atoms with Crippen LogP contribution < -0.4 is 10.6 Å². The number of aliphatic hydroxyl groups is 4. The van der Waals surface area contributed by atoms with E-state index >= 15 is 9.59 Å². The molecule has 0 saturated carbocycles. The fourth-order valence-corrected chi connectivity index (χ4v) is 20.3. The van der Waals surface area contributed by atoms with Gasteiger partial charge in [0.05, 0.1) is 45.0 Å². The SMILES string of the molecule is CCCCCC/C=C\CCCCCCCC(=O)OC(CCCCCCCCCCC)CC(=O)NC1[C@H](OCC2OC(OP(C)(=O)O)C(NC(=O)CC(CCCCCCCCCCC)OC(=O)CCCCCCCCCCCCCCC)[C@@H](OC(=O)CC(O)CCCCCCCCCCC)[C@@H]2O)OC(CO)[C@@H](O)[C@@H]1OC(=O)CC(CCCCCCCCCCC)OC(=O)CCCCCCCCCCCCCCC. The molecule has 2 amide bonds. The van der Waals surface area contributed by atoms with Crippen molar-refractivity contribution < 1.29 is 106 Å². The van der Waals surface area contributed by atoms with Gasteiger partial charge < -0.3 is 73.8 Å². The number of unbranched alkanes of at least 4 members (excludes halogenated alkanes) is 65. The van der Waals surface area contributed by atoms with Crippen LogP contribution in [-0.2, 0) is 80.5 Å². The van der Waals surface area contributed by atoms with E-state index in [0.29, 0.717) is 64.2 Å². The smallest absolute Gasteiger partial charge is 0.327 e. The highest BCUT2D eigenvalue weighted by Crippen LogP contribution is 2.43. The summed E-state index contributed by atoms with van der Waals surface area (Å²) in [4.78, 5) is 113. The predicted molar refractivity (Wildman–Crippen MR) is 575 cm³/mol. The van der Waals surface area contributed by atoms with E-state index in [4.69, 9.17) is 42.4 Å². The van der Waals surface area contributed by atoms with Gasteiger partial charge in [-0.1, -0.05) is 465 Å². The summed E-state index contributed by atoms with van der Waals surface area (Å²) in [6, 6.07) is -3.43. The Hall–Kier alpha value is -4.10. The molecule has 25 heteroatoms. The quantitative estimate of drug-likeness (QED) is 0.00978. The van der Waals surface area contributed by atoms with Gasteiger partial charge in [-0.15, -0.1) is 0 Å². The first-order chi connectivity index (χ1) is 69.1. The zero-order valence-corrected chi connectivity index (χ0v) is 93.1. The van der Waals surface area contributed by atoms with E-state index in [0.717, 1.165) is 251 Å². The van der Waals surface area contributed by atoms with Crippen molar-refractivity contribution >= 4 is 49.3 Å². The summed E-state index contributed by atoms with van der Waals surface area (Å²) in [7, 11) is -4.69. The normalized spacial score (nSPS) is 19.5. The van der Waals surface area contributed by atoms with Crippen LogP contribution in [0.3, 0.4) is 0 Å². The van der Waals surface area contributed by atoms with Crippen LogP contribution in [-0.4, -0.2) is 173 Å². The Kier molecular flexibility index (Phi) is 88.8. The Morgan fingerprint density at radius 1 is 0.317 bits per heavy atom. The highest BCUT2D eigenvalue weighted by atomic mass is 31.2. The average molecular weight is 2040 g/mol. The Morgan fingerprint density at radius 3 is 0.866 bits per heavy atom. The lowest BCUT2D eigenvalue weighted by atomic mass is 9.95. The van der Waals surface area contributed by atoms with E-state index in [1.54, 1.807) is 0 Å². The van der Waals surface area contributed by atoms with Crippen molar-refractivity contribution in [3.8, 4) is 0 Å². The summed E-state index contributed by atoms with van der Waals surface area (Å²) >= 11 is 0. The Bertz CT molecular complexity index is 3050. The van der Waals surface area contributed by atoms with E-state index < -0.39 is 167 Å². The molecule has 15 atom stereocenters. The maximum absolute atomic E-state index is 15.3. The molecule has 10 unspecified atom stereocenters. The van der Waals surface area contributed by atoms with Crippen LogP contribution >= 0.6 is 7.60 Å². The molecule has 0 aliphatic carbocycles. The van der Waals surface area contributed by atoms with E-state index in [1.807, 2.05) is 0 Å². The van der Waals surface area contributed by atoms with Gasteiger partial charge in [-0.2, -0.15) is 0 Å². The summed E-state index contributed by atoms with van der Waals surface area (Å²) in [5, 5.41) is 53.8. The number of rotatable bonds is 102. The van der Waals surface area contributed by atoms with E-state index in [2.05, 4.69) is 71.3 Å². The molecule has 0 radical (unpaired) electrons. The van der Waals surface area contributed by atoms with Crippen LogP contribution in [0.2, 0.25) is 0 Å². The van der Waals surface area contributed by atoms with Crippen molar-refractivity contribution in [1.82, 2.24) is 10.6 Å². The van der Waals surface area contributed by atoms with Crippen LogP contribution in [0.5, 0.6) is 0 Å². The highest BCUT2D eigenvalue weighted by Gasteiger charge is 2.53. The minimum atomic E-state index is -4.69. The lowest BCUT2D eigenvalue weighted by Gasteiger charge is -2.46. The number of hydrogen-bond donors (Lipinski definition) is 7. The molecule has 0 aromatic heterocycles. The molecule has 142 heavy (non-hydrogen) atoms. The lowest BCUT2D eigenvalue weighted by Crippen LogP contribution is -2.67. The van der Waals surface area contributed by atoms with Crippen LogP contribution in [0.4, 0.5) is 0 Å². The average Bonchev–Trinajstić information content (AvgIpc) is 0.784. The number of hydrogen-bond acceptors (Lipinski definition) is 21. The second-order valence-electron chi connectivity index (χ2n) is 42.5. The number of amides is 2. The molecular weight excluding hydrogens is 1820 g/mol. The highest BCUT2D eigenvalue weighted by molar-refractivity contribution is 7.51. The summed E-state index contributed by atoms with van der Waals surface area (Å²) in [5.74, 6) is -4.73. The van der Waals surface area contributed by atoms with Gasteiger partial charge in [-0.05, 0) is 89.9 Å². The first-order valence-electron chi connectivity index (χ1n) is 59.8. The van der Waals surface area contributed by atoms with E-state index in [9.17, 15) is 53.9 Å². The Balaban J connectivity index is 2.82. The predicted octanol–water partition coefficient (Wildman–Crippen LogP) is 29.4. The van der Waals surface area contributed by atoms with E-state index in [1.165, 1.54) is 180 Å². The third kappa shape index (κ3) is 75.6. The summed E-state index contributed by atoms with van der Waals surface area (Å²) < 4.78 is 70.3. The maximum atomic E-state index is 15.3. The second-order valence-corrected chi connectivity index (χ2v) is 44.3. The Labute approximate surface area is 866 Å². The van der Waals surface area contributed by atoms with Gasteiger partial charge in [-0.25, -0.2) is 0 Å². The van der Waals surface area contributed by atoms with Crippen LogP contribution in [0.1, 0.15) is 588 Å².